The summed E-state index contributed by atoms with van der Waals surface area (Å²) in [5.74, 6) is 0.697. The number of nitrogens with one attached hydrogen (secondary N) is 1. The monoisotopic (exact) mass is 276 g/mol. The topological polar surface area (TPSA) is 34.1 Å². The van der Waals surface area contributed by atoms with Gasteiger partial charge in [0.05, 0.1) is 10.7 Å². The van der Waals surface area contributed by atoms with Crippen LogP contribution in [-0.4, -0.2) is 12.0 Å². The maximum atomic E-state index is 6.08. The smallest absolute Gasteiger partial charge is 0.138 e. The van der Waals surface area contributed by atoms with E-state index in [4.69, 9.17) is 16.3 Å². The molecule has 0 radical (unpaired) electrons. The van der Waals surface area contributed by atoms with Crippen LogP contribution >= 0.6 is 11.6 Å². The molecule has 19 heavy (non-hydrogen) atoms. The van der Waals surface area contributed by atoms with Crippen molar-refractivity contribution in [2.24, 2.45) is 0 Å². The van der Waals surface area contributed by atoms with E-state index in [0.717, 1.165) is 23.4 Å². The Labute approximate surface area is 118 Å². The third-order valence-corrected chi connectivity index (χ3v) is 3.04. The highest BCUT2D eigenvalue weighted by atomic mass is 35.5. The molecular weight excluding hydrogens is 260 g/mol. The summed E-state index contributed by atoms with van der Waals surface area (Å²) in [4.78, 5) is 4.36. The number of rotatable bonds is 5. The van der Waals surface area contributed by atoms with Gasteiger partial charge in [0.25, 0.3) is 0 Å². The summed E-state index contributed by atoms with van der Waals surface area (Å²) in [5.41, 5.74) is 3.16. The van der Waals surface area contributed by atoms with Crippen LogP contribution in [0.1, 0.15) is 16.8 Å². The second-order valence-corrected chi connectivity index (χ2v) is 4.82. The first-order chi connectivity index (χ1) is 9.19. The zero-order valence-corrected chi connectivity index (χ0v) is 11.9. The molecule has 0 aliphatic carbocycles. The second-order valence-electron chi connectivity index (χ2n) is 4.41. The van der Waals surface area contributed by atoms with Crippen molar-refractivity contribution in [1.29, 1.82) is 0 Å². The van der Waals surface area contributed by atoms with E-state index in [9.17, 15) is 0 Å². The fourth-order valence-electron chi connectivity index (χ4n) is 1.72. The molecule has 2 aromatic rings. The highest BCUT2D eigenvalue weighted by Gasteiger charge is 2.03. The van der Waals surface area contributed by atoms with Crippen molar-refractivity contribution < 1.29 is 4.74 Å². The molecule has 0 amide bonds. The number of benzene rings is 1. The van der Waals surface area contributed by atoms with Crippen LogP contribution in [0.4, 0.5) is 0 Å². The summed E-state index contributed by atoms with van der Waals surface area (Å²) in [6, 6.07) is 9.74. The highest BCUT2D eigenvalue weighted by molar-refractivity contribution is 6.32. The predicted molar refractivity (Wildman–Crippen MR) is 77.5 cm³/mol. The zero-order chi connectivity index (χ0) is 13.7. The zero-order valence-electron chi connectivity index (χ0n) is 11.1. The van der Waals surface area contributed by atoms with Crippen molar-refractivity contribution in [3.63, 3.8) is 0 Å². The summed E-state index contributed by atoms with van der Waals surface area (Å²) < 4.78 is 5.69. The number of nitrogens with zero attached hydrogens (tertiary/aromatic N) is 1. The molecule has 100 valence electrons. The molecule has 1 heterocycles. The van der Waals surface area contributed by atoms with Crippen molar-refractivity contribution in [3.8, 4) is 5.75 Å². The van der Waals surface area contributed by atoms with Gasteiger partial charge in [0, 0.05) is 12.7 Å². The van der Waals surface area contributed by atoms with Gasteiger partial charge in [-0.15, -0.1) is 0 Å². The molecule has 0 saturated carbocycles. The fourth-order valence-corrected chi connectivity index (χ4v) is 1.89. The molecule has 0 saturated heterocycles. The molecule has 2 rings (SSSR count). The van der Waals surface area contributed by atoms with Crippen molar-refractivity contribution in [2.75, 3.05) is 7.05 Å². The number of hydrogen-bond donors (Lipinski definition) is 1. The van der Waals surface area contributed by atoms with E-state index >= 15 is 0 Å². The largest absolute Gasteiger partial charge is 0.486 e. The van der Waals surface area contributed by atoms with Crippen molar-refractivity contribution >= 4 is 11.6 Å². The van der Waals surface area contributed by atoms with Crippen LogP contribution in [0, 0.1) is 6.92 Å². The van der Waals surface area contributed by atoms with E-state index in [-0.39, 0.29) is 0 Å². The van der Waals surface area contributed by atoms with Crippen LogP contribution in [0.25, 0.3) is 0 Å². The number of halogens is 1. The Morgan fingerprint density at radius 1 is 1.26 bits per heavy atom. The Morgan fingerprint density at radius 3 is 2.79 bits per heavy atom. The number of aromatic nitrogens is 1. The first-order valence-electron chi connectivity index (χ1n) is 6.16. The maximum absolute atomic E-state index is 6.08. The van der Waals surface area contributed by atoms with Crippen molar-refractivity contribution in [3.05, 3.63) is 58.4 Å². The number of pyridine rings is 1. The Morgan fingerprint density at radius 2 is 2.11 bits per heavy atom. The third-order valence-electron chi connectivity index (χ3n) is 2.73. The molecule has 1 N–H and O–H groups in total. The van der Waals surface area contributed by atoms with Crippen LogP contribution in [0.3, 0.4) is 0 Å². The van der Waals surface area contributed by atoms with E-state index in [1.807, 2.05) is 50.5 Å². The van der Waals surface area contributed by atoms with Gasteiger partial charge >= 0.3 is 0 Å². The normalized spacial score (nSPS) is 10.5. The fraction of sp³-hybridized carbons (Fsp3) is 0.267. The SMILES string of the molecule is CNCc1ccc(COc2cc(C)ccc2Cl)nc1. The van der Waals surface area contributed by atoms with Crippen LogP contribution in [0.5, 0.6) is 5.75 Å². The average Bonchev–Trinajstić information content (AvgIpc) is 2.42. The minimum Gasteiger partial charge on any atom is -0.486 e. The molecule has 3 nitrogen and oxygen atoms in total. The van der Waals surface area contributed by atoms with Gasteiger partial charge in [0.2, 0.25) is 0 Å². The summed E-state index contributed by atoms with van der Waals surface area (Å²) in [6.07, 6.45) is 1.85. The minimum absolute atomic E-state index is 0.420. The van der Waals surface area contributed by atoms with Gasteiger partial charge in [0.15, 0.2) is 0 Å². The van der Waals surface area contributed by atoms with E-state index in [1.54, 1.807) is 0 Å². The van der Waals surface area contributed by atoms with Crippen molar-refractivity contribution in [1.82, 2.24) is 10.3 Å². The van der Waals surface area contributed by atoms with Crippen LogP contribution in [0.15, 0.2) is 36.5 Å². The predicted octanol–water partition coefficient (Wildman–Crippen LogP) is 3.34. The first kappa shape index (κ1) is 13.8. The van der Waals surface area contributed by atoms with Gasteiger partial charge in [-0.2, -0.15) is 0 Å². The van der Waals surface area contributed by atoms with Crippen LogP contribution in [0.2, 0.25) is 5.02 Å². The van der Waals surface area contributed by atoms with E-state index < -0.39 is 0 Å². The van der Waals surface area contributed by atoms with E-state index in [0.29, 0.717) is 17.4 Å². The summed E-state index contributed by atoms with van der Waals surface area (Å²) in [7, 11) is 1.91. The van der Waals surface area contributed by atoms with Crippen molar-refractivity contribution in [2.45, 2.75) is 20.1 Å². The Balaban J connectivity index is 2.00. The standard InChI is InChI=1S/C15H17ClN2O/c1-11-3-6-14(16)15(7-11)19-10-13-5-4-12(8-17-2)9-18-13/h3-7,9,17H,8,10H2,1-2H3. The molecule has 1 aromatic carbocycles. The van der Waals surface area contributed by atoms with E-state index in [1.165, 1.54) is 0 Å². The minimum atomic E-state index is 0.420. The highest BCUT2D eigenvalue weighted by Crippen LogP contribution is 2.25. The van der Waals surface area contributed by atoms with Gasteiger partial charge in [0.1, 0.15) is 12.4 Å². The van der Waals surface area contributed by atoms with E-state index in [2.05, 4.69) is 10.3 Å². The number of hydrogen-bond acceptors (Lipinski definition) is 3. The lowest BCUT2D eigenvalue weighted by molar-refractivity contribution is 0.301. The first-order valence-corrected chi connectivity index (χ1v) is 6.54. The molecule has 0 aliphatic rings. The van der Waals surface area contributed by atoms with Gasteiger partial charge in [-0.3, -0.25) is 4.98 Å². The Bertz CT molecular complexity index is 540. The van der Waals surface area contributed by atoms with Gasteiger partial charge in [-0.25, -0.2) is 0 Å². The van der Waals surface area contributed by atoms with Crippen LogP contribution < -0.4 is 10.1 Å². The summed E-state index contributed by atoms with van der Waals surface area (Å²) in [6.45, 7) is 3.24. The number of ether oxygens (including phenoxy) is 1. The molecule has 0 aliphatic heterocycles. The van der Waals surface area contributed by atoms with Gasteiger partial charge < -0.3 is 10.1 Å². The molecule has 4 heteroatoms. The van der Waals surface area contributed by atoms with Gasteiger partial charge in [-0.1, -0.05) is 23.7 Å². The second kappa shape index (κ2) is 6.55. The Hall–Kier alpha value is -1.58. The summed E-state index contributed by atoms with van der Waals surface area (Å²) in [5, 5.41) is 3.71. The molecule has 0 unspecified atom stereocenters. The molecule has 0 bridgehead atoms. The maximum Gasteiger partial charge on any atom is 0.138 e. The molecule has 0 atom stereocenters. The average molecular weight is 277 g/mol. The lowest BCUT2D eigenvalue weighted by atomic mass is 10.2. The third kappa shape index (κ3) is 3.94. The molecule has 0 fully saturated rings. The number of aryl methyl sites for hydroxylation is 1. The lowest BCUT2D eigenvalue weighted by Gasteiger charge is -2.09. The molecule has 0 spiro atoms. The lowest BCUT2D eigenvalue weighted by Crippen LogP contribution is -2.06. The Kier molecular flexibility index (Phi) is 4.77. The van der Waals surface area contributed by atoms with Gasteiger partial charge in [-0.05, 0) is 43.3 Å². The van der Waals surface area contributed by atoms with Crippen LogP contribution in [-0.2, 0) is 13.2 Å². The quantitative estimate of drug-likeness (QED) is 0.909. The summed E-state index contributed by atoms with van der Waals surface area (Å²) >= 11 is 6.08. The molecule has 1 aromatic heterocycles. The molecular formula is C15H17ClN2O.